The van der Waals surface area contributed by atoms with Crippen LogP contribution in [0.3, 0.4) is 0 Å². The van der Waals surface area contributed by atoms with Crippen molar-refractivity contribution in [3.63, 3.8) is 0 Å². The van der Waals surface area contributed by atoms with E-state index in [4.69, 9.17) is 0 Å². The minimum absolute atomic E-state index is 0.886. The second kappa shape index (κ2) is 8.21. The van der Waals surface area contributed by atoms with Crippen LogP contribution < -0.4 is 0 Å². The lowest BCUT2D eigenvalue weighted by Crippen LogP contribution is -2.06. The van der Waals surface area contributed by atoms with E-state index < -0.39 is 0 Å². The van der Waals surface area contributed by atoms with Gasteiger partial charge in [-0.05, 0) is 27.6 Å². The highest BCUT2D eigenvalue weighted by Gasteiger charge is 2.09. The standard InChI is InChI=1S/C9H14S4/c1-2-5-11-13-12-8-9-4-3-6-10-7-9/h2-3,6,9H,1,4-5,7-8H2. The molecule has 1 rings (SSSR count). The van der Waals surface area contributed by atoms with Crippen molar-refractivity contribution in [3.8, 4) is 0 Å². The molecule has 1 atom stereocenters. The lowest BCUT2D eigenvalue weighted by atomic mass is 10.1. The first-order valence-corrected chi connectivity index (χ1v) is 9.09. The van der Waals surface area contributed by atoms with Crippen molar-refractivity contribution in [2.24, 2.45) is 5.92 Å². The van der Waals surface area contributed by atoms with Crippen LogP contribution in [0.4, 0.5) is 0 Å². The first-order valence-electron chi connectivity index (χ1n) is 4.22. The van der Waals surface area contributed by atoms with Crippen LogP contribution in [0.5, 0.6) is 0 Å². The van der Waals surface area contributed by atoms with Gasteiger partial charge in [-0.2, -0.15) is 0 Å². The van der Waals surface area contributed by atoms with Gasteiger partial charge in [0, 0.05) is 17.3 Å². The van der Waals surface area contributed by atoms with Crippen LogP contribution in [-0.4, -0.2) is 17.3 Å². The summed E-state index contributed by atoms with van der Waals surface area (Å²) in [7, 11) is 5.76. The molecule has 13 heavy (non-hydrogen) atoms. The number of hydrogen-bond acceptors (Lipinski definition) is 4. The molecule has 0 saturated heterocycles. The van der Waals surface area contributed by atoms with Gasteiger partial charge < -0.3 is 0 Å². The van der Waals surface area contributed by atoms with Gasteiger partial charge in [0.2, 0.25) is 0 Å². The van der Waals surface area contributed by atoms with Crippen molar-refractivity contribution in [2.45, 2.75) is 6.42 Å². The van der Waals surface area contributed by atoms with E-state index in [1.165, 1.54) is 17.9 Å². The van der Waals surface area contributed by atoms with Crippen LogP contribution in [-0.2, 0) is 0 Å². The molecule has 0 aromatic rings. The molecular weight excluding hydrogens is 236 g/mol. The molecule has 0 fully saturated rings. The Kier molecular flexibility index (Phi) is 7.55. The van der Waals surface area contributed by atoms with Gasteiger partial charge in [0.1, 0.15) is 0 Å². The highest BCUT2D eigenvalue weighted by atomic mass is 33.5. The van der Waals surface area contributed by atoms with Crippen molar-refractivity contribution in [1.29, 1.82) is 0 Å². The first-order chi connectivity index (χ1) is 6.43. The predicted molar refractivity (Wildman–Crippen MR) is 72.4 cm³/mol. The smallest absolute Gasteiger partial charge is 0.0223 e. The fourth-order valence-corrected chi connectivity index (χ4v) is 5.70. The average Bonchev–Trinajstić information content (AvgIpc) is 2.19. The topological polar surface area (TPSA) is 0 Å². The van der Waals surface area contributed by atoms with Gasteiger partial charge in [0.15, 0.2) is 0 Å². The lowest BCUT2D eigenvalue weighted by Gasteiger charge is -2.15. The number of rotatable bonds is 6. The Morgan fingerprint density at radius 3 is 3.15 bits per heavy atom. The summed E-state index contributed by atoms with van der Waals surface area (Å²) in [5, 5.41) is 2.22. The van der Waals surface area contributed by atoms with Crippen LogP contribution in [0.25, 0.3) is 0 Å². The maximum Gasteiger partial charge on any atom is 0.0223 e. The number of thioether (sulfide) groups is 1. The molecular formula is C9H14S4. The Balaban J connectivity index is 1.93. The van der Waals surface area contributed by atoms with Crippen LogP contribution in [0, 0.1) is 5.92 Å². The zero-order valence-corrected chi connectivity index (χ0v) is 10.7. The fourth-order valence-electron chi connectivity index (χ4n) is 0.926. The molecule has 1 aliphatic heterocycles. The Bertz CT molecular complexity index is 167. The third-order valence-electron chi connectivity index (χ3n) is 1.58. The van der Waals surface area contributed by atoms with Gasteiger partial charge in [0.25, 0.3) is 0 Å². The second-order valence-electron chi connectivity index (χ2n) is 2.73. The Labute approximate surface area is 96.6 Å². The zero-order valence-electron chi connectivity index (χ0n) is 7.48. The van der Waals surface area contributed by atoms with E-state index in [1.54, 1.807) is 0 Å². The highest BCUT2D eigenvalue weighted by Crippen LogP contribution is 2.37. The van der Waals surface area contributed by atoms with Crippen molar-refractivity contribution in [2.75, 3.05) is 17.3 Å². The monoisotopic (exact) mass is 250 g/mol. The Morgan fingerprint density at radius 2 is 2.46 bits per heavy atom. The SMILES string of the molecule is C=CCSSSCC1CC=CSC1. The Morgan fingerprint density at radius 1 is 1.54 bits per heavy atom. The van der Waals surface area contributed by atoms with E-state index in [0.29, 0.717) is 0 Å². The van der Waals surface area contributed by atoms with Crippen molar-refractivity contribution in [1.82, 2.24) is 0 Å². The van der Waals surface area contributed by atoms with Gasteiger partial charge in [-0.15, -0.1) is 18.3 Å². The van der Waals surface area contributed by atoms with E-state index in [0.717, 1.165) is 11.7 Å². The van der Waals surface area contributed by atoms with Crippen LogP contribution in [0.2, 0.25) is 0 Å². The number of hydrogen-bond donors (Lipinski definition) is 0. The molecule has 0 aromatic heterocycles. The molecule has 1 aliphatic rings. The van der Waals surface area contributed by atoms with Crippen LogP contribution in [0.1, 0.15) is 6.42 Å². The summed E-state index contributed by atoms with van der Waals surface area (Å²) in [4.78, 5) is 0. The largest absolute Gasteiger partial charge is 0.134 e. The second-order valence-corrected chi connectivity index (χ2v) is 7.99. The summed E-state index contributed by atoms with van der Waals surface area (Å²) < 4.78 is 0. The molecule has 0 saturated carbocycles. The van der Waals surface area contributed by atoms with Crippen molar-refractivity contribution in [3.05, 3.63) is 24.1 Å². The van der Waals surface area contributed by atoms with E-state index in [2.05, 4.69) is 18.1 Å². The van der Waals surface area contributed by atoms with E-state index in [-0.39, 0.29) is 0 Å². The van der Waals surface area contributed by atoms with Gasteiger partial charge in [-0.3, -0.25) is 0 Å². The molecule has 0 amide bonds. The summed E-state index contributed by atoms with van der Waals surface area (Å²) in [5.74, 6) is 4.52. The molecule has 0 aromatic carbocycles. The summed E-state index contributed by atoms with van der Waals surface area (Å²) in [5.41, 5.74) is 0. The summed E-state index contributed by atoms with van der Waals surface area (Å²) in [6.45, 7) is 3.69. The molecule has 0 N–H and O–H groups in total. The summed E-state index contributed by atoms with van der Waals surface area (Å²) in [6, 6.07) is 0. The van der Waals surface area contributed by atoms with Crippen molar-refractivity contribution >= 4 is 43.2 Å². The molecule has 4 heteroatoms. The lowest BCUT2D eigenvalue weighted by molar-refractivity contribution is 0.686. The molecule has 0 aliphatic carbocycles. The molecule has 74 valence electrons. The van der Waals surface area contributed by atoms with Crippen LogP contribution in [0.15, 0.2) is 24.1 Å². The normalized spacial score (nSPS) is 21.7. The van der Waals surface area contributed by atoms with Crippen LogP contribution >= 0.6 is 43.2 Å². The van der Waals surface area contributed by atoms with Gasteiger partial charge >= 0.3 is 0 Å². The van der Waals surface area contributed by atoms with E-state index in [9.17, 15) is 0 Å². The summed E-state index contributed by atoms with van der Waals surface area (Å²) in [6.07, 6.45) is 5.52. The third kappa shape index (κ3) is 6.05. The van der Waals surface area contributed by atoms with Gasteiger partial charge in [-0.1, -0.05) is 33.7 Å². The average molecular weight is 250 g/mol. The third-order valence-corrected chi connectivity index (χ3v) is 6.93. The van der Waals surface area contributed by atoms with Gasteiger partial charge in [-0.25, -0.2) is 0 Å². The minimum atomic E-state index is 0.886. The molecule has 0 bridgehead atoms. The maximum atomic E-state index is 3.69. The molecule has 1 heterocycles. The fraction of sp³-hybridized carbons (Fsp3) is 0.556. The maximum absolute atomic E-state index is 3.69. The summed E-state index contributed by atoms with van der Waals surface area (Å²) >= 11 is 1.95. The molecule has 0 spiro atoms. The minimum Gasteiger partial charge on any atom is -0.134 e. The first kappa shape index (κ1) is 12.0. The highest BCUT2D eigenvalue weighted by molar-refractivity contribution is 9.09. The molecule has 0 radical (unpaired) electrons. The molecule has 0 nitrogen and oxygen atoms in total. The quantitative estimate of drug-likeness (QED) is 0.387. The van der Waals surface area contributed by atoms with E-state index >= 15 is 0 Å². The number of allylic oxidation sites excluding steroid dienone is 1. The zero-order chi connectivity index (χ0) is 9.36. The Hall–Kier alpha value is 0.880. The predicted octanol–water partition coefficient (Wildman–Crippen LogP) is 4.47. The van der Waals surface area contributed by atoms with Gasteiger partial charge in [0.05, 0.1) is 0 Å². The molecule has 1 unspecified atom stereocenters. The van der Waals surface area contributed by atoms with Crippen molar-refractivity contribution < 1.29 is 0 Å². The van der Waals surface area contributed by atoms with E-state index in [1.807, 2.05) is 49.3 Å².